The minimum Gasteiger partial charge on any atom is -0.451 e. The maximum Gasteiger partial charge on any atom is 0.287 e. The second kappa shape index (κ2) is 5.67. The molecule has 3 rings (SSSR count). The molecule has 0 radical (unpaired) electrons. The predicted molar refractivity (Wildman–Crippen MR) is 78.5 cm³/mol. The zero-order valence-electron chi connectivity index (χ0n) is 11.5. The third-order valence-electron chi connectivity index (χ3n) is 4.02. The van der Waals surface area contributed by atoms with Gasteiger partial charge in [0.05, 0.1) is 0 Å². The van der Waals surface area contributed by atoms with E-state index in [4.69, 9.17) is 10.2 Å². The molecule has 2 atom stereocenters. The van der Waals surface area contributed by atoms with E-state index in [1.807, 2.05) is 24.3 Å². The molecule has 3 N–H and O–H groups in total. The lowest BCUT2D eigenvalue weighted by atomic mass is 9.86. The lowest BCUT2D eigenvalue weighted by Crippen LogP contribution is -2.35. The molecule has 2 aromatic rings. The number of benzene rings is 1. The van der Waals surface area contributed by atoms with Crippen molar-refractivity contribution in [3.63, 3.8) is 0 Å². The van der Waals surface area contributed by atoms with Crippen LogP contribution >= 0.6 is 0 Å². The van der Waals surface area contributed by atoms with Gasteiger partial charge in [-0.15, -0.1) is 0 Å². The molecule has 1 aliphatic carbocycles. The lowest BCUT2D eigenvalue weighted by Gasteiger charge is -2.26. The number of carbonyl (C=O) groups is 1. The quantitative estimate of drug-likeness (QED) is 0.902. The Bertz CT molecular complexity index is 572. The molecule has 2 unspecified atom stereocenters. The van der Waals surface area contributed by atoms with Gasteiger partial charge in [0.1, 0.15) is 5.58 Å². The number of furan rings is 1. The van der Waals surface area contributed by atoms with E-state index >= 15 is 0 Å². The summed E-state index contributed by atoms with van der Waals surface area (Å²) in [5.74, 6) is 0.735. The van der Waals surface area contributed by atoms with E-state index in [2.05, 4.69) is 5.32 Å². The van der Waals surface area contributed by atoms with Crippen molar-refractivity contribution in [2.45, 2.75) is 31.7 Å². The molecule has 1 aromatic heterocycles. The van der Waals surface area contributed by atoms with Crippen molar-refractivity contribution in [2.24, 2.45) is 11.7 Å². The maximum atomic E-state index is 12.1. The molecule has 0 spiro atoms. The topological polar surface area (TPSA) is 68.3 Å². The van der Waals surface area contributed by atoms with Crippen molar-refractivity contribution in [3.8, 4) is 0 Å². The fraction of sp³-hybridized carbons (Fsp3) is 0.438. The SMILES string of the molecule is NC1CCCC(CNC(=O)c2cc3ccccc3o2)C1. The first-order chi connectivity index (χ1) is 9.72. The van der Waals surface area contributed by atoms with Crippen LogP contribution in [0.5, 0.6) is 0 Å². The standard InChI is InChI=1S/C16H20N2O2/c17-13-6-3-4-11(8-13)10-18-16(19)15-9-12-5-1-2-7-14(12)20-15/h1-2,5,7,9,11,13H,3-4,6,8,10,17H2,(H,18,19). The van der Waals surface area contributed by atoms with Gasteiger partial charge in [0, 0.05) is 18.0 Å². The minimum absolute atomic E-state index is 0.139. The van der Waals surface area contributed by atoms with Gasteiger partial charge in [-0.1, -0.05) is 24.6 Å². The Balaban J connectivity index is 1.61. The molecule has 1 aromatic carbocycles. The van der Waals surface area contributed by atoms with Crippen molar-refractivity contribution in [2.75, 3.05) is 6.54 Å². The summed E-state index contributed by atoms with van der Waals surface area (Å²) in [4.78, 5) is 12.1. The number of amides is 1. The Morgan fingerprint density at radius 3 is 3.00 bits per heavy atom. The average Bonchev–Trinajstić information content (AvgIpc) is 2.89. The highest BCUT2D eigenvalue weighted by atomic mass is 16.3. The molecular formula is C16H20N2O2. The first-order valence-corrected chi connectivity index (χ1v) is 7.25. The van der Waals surface area contributed by atoms with Crippen LogP contribution in [0.2, 0.25) is 0 Å². The minimum atomic E-state index is -0.139. The van der Waals surface area contributed by atoms with E-state index in [1.165, 1.54) is 0 Å². The second-order valence-corrected chi connectivity index (χ2v) is 5.65. The van der Waals surface area contributed by atoms with Crippen LogP contribution in [-0.4, -0.2) is 18.5 Å². The van der Waals surface area contributed by atoms with Crippen molar-refractivity contribution in [1.82, 2.24) is 5.32 Å². The van der Waals surface area contributed by atoms with Gasteiger partial charge in [0.2, 0.25) is 0 Å². The van der Waals surface area contributed by atoms with Crippen molar-refractivity contribution >= 4 is 16.9 Å². The number of carbonyl (C=O) groups excluding carboxylic acids is 1. The summed E-state index contributed by atoms with van der Waals surface area (Å²) in [6, 6.07) is 9.72. The van der Waals surface area contributed by atoms with Crippen molar-refractivity contribution < 1.29 is 9.21 Å². The highest BCUT2D eigenvalue weighted by Crippen LogP contribution is 2.23. The average molecular weight is 272 g/mol. The van der Waals surface area contributed by atoms with Gasteiger partial charge in [0.15, 0.2) is 5.76 Å². The van der Waals surface area contributed by atoms with Crippen LogP contribution in [0.15, 0.2) is 34.7 Å². The fourth-order valence-corrected chi connectivity index (χ4v) is 2.94. The molecule has 0 saturated heterocycles. The number of nitrogens with two attached hydrogens (primary N) is 1. The monoisotopic (exact) mass is 272 g/mol. The molecule has 4 nitrogen and oxygen atoms in total. The second-order valence-electron chi connectivity index (χ2n) is 5.65. The van der Waals surface area contributed by atoms with E-state index in [-0.39, 0.29) is 11.9 Å². The lowest BCUT2D eigenvalue weighted by molar-refractivity contribution is 0.0917. The van der Waals surface area contributed by atoms with Crippen molar-refractivity contribution in [3.05, 3.63) is 36.1 Å². The number of rotatable bonds is 3. The molecule has 1 fully saturated rings. The molecule has 1 aliphatic rings. The molecule has 1 heterocycles. The van der Waals surface area contributed by atoms with Gasteiger partial charge in [-0.25, -0.2) is 0 Å². The van der Waals surface area contributed by atoms with Crippen LogP contribution in [0.25, 0.3) is 11.0 Å². The van der Waals surface area contributed by atoms with E-state index in [0.717, 1.165) is 36.7 Å². The van der Waals surface area contributed by atoms with E-state index in [1.54, 1.807) is 6.07 Å². The number of hydrogen-bond acceptors (Lipinski definition) is 3. The van der Waals surface area contributed by atoms with E-state index < -0.39 is 0 Å². The third kappa shape index (κ3) is 2.85. The third-order valence-corrected chi connectivity index (χ3v) is 4.02. The van der Waals surface area contributed by atoms with Gasteiger partial charge in [0.25, 0.3) is 5.91 Å². The smallest absolute Gasteiger partial charge is 0.287 e. The van der Waals surface area contributed by atoms with E-state index in [0.29, 0.717) is 18.2 Å². The number of hydrogen-bond donors (Lipinski definition) is 2. The Morgan fingerprint density at radius 2 is 2.20 bits per heavy atom. The number of para-hydroxylation sites is 1. The highest BCUT2D eigenvalue weighted by molar-refractivity contribution is 5.96. The summed E-state index contributed by atoms with van der Waals surface area (Å²) in [5, 5.41) is 3.92. The maximum absolute atomic E-state index is 12.1. The summed E-state index contributed by atoms with van der Waals surface area (Å²) in [7, 11) is 0. The zero-order chi connectivity index (χ0) is 13.9. The normalized spacial score (nSPS) is 22.9. The first-order valence-electron chi connectivity index (χ1n) is 7.25. The highest BCUT2D eigenvalue weighted by Gasteiger charge is 2.20. The fourth-order valence-electron chi connectivity index (χ4n) is 2.94. The molecular weight excluding hydrogens is 252 g/mol. The molecule has 106 valence electrons. The summed E-state index contributed by atoms with van der Waals surface area (Å²) >= 11 is 0. The van der Waals surface area contributed by atoms with Crippen molar-refractivity contribution in [1.29, 1.82) is 0 Å². The molecule has 20 heavy (non-hydrogen) atoms. The van der Waals surface area contributed by atoms with Crippen LogP contribution in [-0.2, 0) is 0 Å². The molecule has 1 saturated carbocycles. The van der Waals surface area contributed by atoms with Gasteiger partial charge in [-0.3, -0.25) is 4.79 Å². The van der Waals surface area contributed by atoms with Crippen LogP contribution in [0, 0.1) is 5.92 Å². The van der Waals surface area contributed by atoms with Gasteiger partial charge < -0.3 is 15.5 Å². The molecule has 0 bridgehead atoms. The summed E-state index contributed by atoms with van der Waals surface area (Å²) in [6.07, 6.45) is 4.41. The Morgan fingerprint density at radius 1 is 1.35 bits per heavy atom. The van der Waals surface area contributed by atoms with Crippen LogP contribution < -0.4 is 11.1 Å². The van der Waals surface area contributed by atoms with Gasteiger partial charge in [-0.05, 0) is 37.3 Å². The van der Waals surface area contributed by atoms with E-state index in [9.17, 15) is 4.79 Å². The molecule has 0 aliphatic heterocycles. The summed E-state index contributed by atoms with van der Waals surface area (Å²) in [5.41, 5.74) is 6.71. The Hall–Kier alpha value is -1.81. The van der Waals surface area contributed by atoms with Crippen LogP contribution in [0.4, 0.5) is 0 Å². The van der Waals surface area contributed by atoms with Crippen LogP contribution in [0.1, 0.15) is 36.2 Å². The van der Waals surface area contributed by atoms with Gasteiger partial charge in [-0.2, -0.15) is 0 Å². The number of fused-ring (bicyclic) bond motifs is 1. The first kappa shape index (κ1) is 13.2. The number of nitrogens with one attached hydrogen (secondary N) is 1. The molecule has 4 heteroatoms. The summed E-state index contributed by atoms with van der Waals surface area (Å²) < 4.78 is 5.55. The predicted octanol–water partition coefficient (Wildman–Crippen LogP) is 2.68. The Kier molecular flexibility index (Phi) is 3.74. The molecule has 1 amide bonds. The van der Waals surface area contributed by atoms with Crippen LogP contribution in [0.3, 0.4) is 0 Å². The Labute approximate surface area is 118 Å². The largest absolute Gasteiger partial charge is 0.451 e. The zero-order valence-corrected chi connectivity index (χ0v) is 11.5. The van der Waals surface area contributed by atoms with Gasteiger partial charge >= 0.3 is 0 Å². The summed E-state index contributed by atoms with van der Waals surface area (Å²) in [6.45, 7) is 0.684.